The molecular weight excluding hydrogens is 1360 g/mol. The quantitative estimate of drug-likeness (QED) is 0.0224. The first-order valence-electron chi connectivity index (χ1n) is 37.4. The van der Waals surface area contributed by atoms with Gasteiger partial charge in [-0.1, -0.05) is 111 Å². The Kier molecular flexibility index (Phi) is 38.2. The van der Waals surface area contributed by atoms with Crippen molar-refractivity contribution in [3.8, 4) is 12.3 Å². The van der Waals surface area contributed by atoms with E-state index in [1.165, 1.54) is 36.8 Å². The molecule has 1 fully saturated rings. The van der Waals surface area contributed by atoms with Gasteiger partial charge in [-0.2, -0.15) is 0 Å². The van der Waals surface area contributed by atoms with Crippen LogP contribution in [0.4, 0.5) is 15.3 Å². The Morgan fingerprint density at radius 2 is 1.32 bits per heavy atom. The van der Waals surface area contributed by atoms with E-state index in [9.17, 15) is 62.3 Å². The summed E-state index contributed by atoms with van der Waals surface area (Å²) in [6.45, 7) is 18.9. The number of nitrogens with two attached hydrogens (primary N) is 1. The second kappa shape index (κ2) is 45.4. The topological polar surface area (TPSA) is 385 Å². The Morgan fingerprint density at radius 3 is 1.92 bits per heavy atom. The van der Waals surface area contributed by atoms with E-state index in [0.29, 0.717) is 69.9 Å². The first-order valence-corrected chi connectivity index (χ1v) is 37.4. The number of hydrogen-bond donors (Lipinski definition) is 9. The molecule has 0 bridgehead atoms. The van der Waals surface area contributed by atoms with E-state index < -0.39 is 137 Å². The van der Waals surface area contributed by atoms with Gasteiger partial charge in [0.1, 0.15) is 36.8 Å². The molecule has 12 atom stereocenters. The molecule has 1 aromatic carbocycles. The van der Waals surface area contributed by atoms with Crippen LogP contribution in [0.1, 0.15) is 178 Å². The van der Waals surface area contributed by atoms with Crippen LogP contribution in [-0.4, -0.2) is 212 Å². The van der Waals surface area contributed by atoms with Gasteiger partial charge in [-0.05, 0) is 131 Å². The molecule has 2 aliphatic heterocycles. The number of nitrogens with one attached hydrogen (secondary N) is 8. The predicted molar refractivity (Wildman–Crippen MR) is 401 cm³/mol. The largest absolute Gasteiger partial charge is 0.445 e. The van der Waals surface area contributed by atoms with Crippen molar-refractivity contribution >= 4 is 82.8 Å². The SMILES string of the molecule is C#CC(=O)NCCCC[C@H](NC(=O)CCCCCN1C(=O)C=CC1=O)C(=O)N[C@H](C(=O)N[C@@H](CCCNC(N)=O)C(=O)Nc1ccc(COC(=O)N(C)[C@H](C(=O)N[C@H](C(=O)N(C)[C@@H]([C@@H](C)CC)[C@@H](CC(=O)N2CCC[C@H]2[C@H](OC)[C@@H](C)C(=O)N[C@H](C)CC2=CCCC=C2)OC)C(C)C)C(C)C)cc1)C(C)C. The van der Waals surface area contributed by atoms with Gasteiger partial charge in [-0.3, -0.25) is 62.5 Å². The zero-order valence-corrected chi connectivity index (χ0v) is 64.7. The summed E-state index contributed by atoms with van der Waals surface area (Å²) < 4.78 is 17.9. The number of unbranched alkanes of at least 4 members (excludes halogenated alkanes) is 3. The number of carbonyl (C=O) groups is 13. The van der Waals surface area contributed by atoms with E-state index in [2.05, 4.69) is 60.8 Å². The van der Waals surface area contributed by atoms with Crippen LogP contribution in [-0.2, 0) is 73.6 Å². The van der Waals surface area contributed by atoms with Crippen molar-refractivity contribution in [2.75, 3.05) is 59.8 Å². The van der Waals surface area contributed by atoms with Gasteiger partial charge in [0.2, 0.25) is 47.3 Å². The Morgan fingerprint density at radius 1 is 0.679 bits per heavy atom. The molecule has 10 N–H and O–H groups in total. The summed E-state index contributed by atoms with van der Waals surface area (Å²) >= 11 is 0. The fourth-order valence-corrected chi connectivity index (χ4v) is 13.6. The van der Waals surface area contributed by atoms with Gasteiger partial charge in [-0.25, -0.2) is 9.59 Å². The van der Waals surface area contributed by atoms with Crippen LogP contribution in [0.2, 0.25) is 0 Å². The molecule has 4 rings (SSSR count). The standard InChI is InChI=1S/C77H119N13O16/c1-16-50(9)68(59(104-14)45-64(95)89-43-27-32-58(89)69(105-15)52(11)70(96)81-51(10)44-53-28-20-18-21-29-53)87(12)75(101)66(48(5)6)86-74(100)67(49(7)8)88(13)77(103)106-46-54-34-36-55(37-35-54)82-71(97)57(31-26-41-80-76(78)102)84-73(99)65(47(3)4)85-72(98)56(30-23-24-40-79-60(91)17-2)83-61(92)33-22-19-25-42-90-62(93)38-39-63(90)94/h2,20,28-29,34-39,47-52,56-59,65-69H,16,18-19,21-27,30-33,40-46H2,1,3-15H3,(H,79,91)(H,81,96)(H,82,97)(H,83,92)(H,84,99)(H,85,98)(H,86,100)(H3,78,80,102)/t50-,51+,52+,56-,57-,58-,59+,65-,66-,67-,68-,69+/m0/s1. The van der Waals surface area contributed by atoms with E-state index in [1.54, 1.807) is 89.8 Å². The van der Waals surface area contributed by atoms with Crippen LogP contribution in [0.3, 0.4) is 0 Å². The maximum atomic E-state index is 14.9. The molecule has 588 valence electrons. The molecular formula is C77H119N13O16. The minimum Gasteiger partial charge on any atom is -0.445 e. The Balaban J connectivity index is 1.40. The average molecular weight is 1480 g/mol. The van der Waals surface area contributed by atoms with E-state index >= 15 is 0 Å². The maximum Gasteiger partial charge on any atom is 0.410 e. The third-order valence-electron chi connectivity index (χ3n) is 19.7. The van der Waals surface area contributed by atoms with Crippen molar-refractivity contribution in [3.63, 3.8) is 0 Å². The second-order valence-corrected chi connectivity index (χ2v) is 28.9. The number of nitrogens with zero attached hydrogens (tertiary/aromatic N) is 4. The number of anilines is 1. The lowest BCUT2D eigenvalue weighted by molar-refractivity contribution is -0.148. The molecule has 1 aliphatic carbocycles. The van der Waals surface area contributed by atoms with Gasteiger partial charge in [0.15, 0.2) is 0 Å². The zero-order chi connectivity index (χ0) is 78.9. The molecule has 0 radical (unpaired) electrons. The smallest absolute Gasteiger partial charge is 0.410 e. The Labute approximate surface area is 625 Å². The predicted octanol–water partition coefficient (Wildman–Crippen LogP) is 5.41. The van der Waals surface area contributed by atoms with E-state index in [0.717, 1.165) is 17.7 Å². The van der Waals surface area contributed by atoms with Crippen LogP contribution in [0.15, 0.2) is 60.2 Å². The van der Waals surface area contributed by atoms with Crippen molar-refractivity contribution in [2.24, 2.45) is 35.3 Å². The van der Waals surface area contributed by atoms with Gasteiger partial charge < -0.3 is 72.3 Å². The number of amides is 14. The molecule has 0 spiro atoms. The minimum absolute atomic E-state index is 0.00504. The molecule has 29 nitrogen and oxygen atoms in total. The number of methoxy groups -OCH3 is 2. The third-order valence-corrected chi connectivity index (χ3v) is 19.7. The number of likely N-dealkylation sites (tertiary alicyclic amines) is 1. The minimum atomic E-state index is -1.22. The number of primary amides is 1. The number of imide groups is 1. The van der Waals surface area contributed by atoms with Crippen molar-refractivity contribution in [3.05, 3.63) is 65.8 Å². The summed E-state index contributed by atoms with van der Waals surface area (Å²) in [6.07, 6.45) is 18.8. The number of allylic oxidation sites excluding steroid dienone is 3. The Bertz CT molecular complexity index is 3280. The summed E-state index contributed by atoms with van der Waals surface area (Å²) in [5.41, 5.74) is 7.27. The summed E-state index contributed by atoms with van der Waals surface area (Å²) in [7, 11) is 6.15. The molecule has 0 aromatic heterocycles. The first-order chi connectivity index (χ1) is 50.3. The van der Waals surface area contributed by atoms with E-state index in [4.69, 9.17) is 26.4 Å². The highest BCUT2D eigenvalue weighted by Gasteiger charge is 2.44. The summed E-state index contributed by atoms with van der Waals surface area (Å²) in [5.74, 6) is -5.51. The Hall–Kier alpha value is -9.17. The third kappa shape index (κ3) is 28.3. The normalized spacial score (nSPS) is 17.2. The van der Waals surface area contributed by atoms with E-state index in [1.807, 2.05) is 33.6 Å². The number of terminal acetylenes is 1. The van der Waals surface area contributed by atoms with Crippen LogP contribution in [0, 0.1) is 41.9 Å². The van der Waals surface area contributed by atoms with Crippen LogP contribution >= 0.6 is 0 Å². The van der Waals surface area contributed by atoms with Gasteiger partial charge in [-0.15, -0.1) is 6.42 Å². The molecule has 0 saturated carbocycles. The molecule has 1 saturated heterocycles. The fourth-order valence-electron chi connectivity index (χ4n) is 13.6. The van der Waals surface area contributed by atoms with Crippen LogP contribution < -0.4 is 48.3 Å². The first kappa shape index (κ1) is 89.2. The van der Waals surface area contributed by atoms with Crippen molar-refractivity contribution in [1.29, 1.82) is 0 Å². The lowest BCUT2D eigenvalue weighted by atomic mass is 9.89. The highest BCUT2D eigenvalue weighted by Crippen LogP contribution is 2.31. The van der Waals surface area contributed by atoms with Gasteiger partial charge in [0, 0.05) is 84.8 Å². The second-order valence-electron chi connectivity index (χ2n) is 28.9. The molecule has 0 unspecified atom stereocenters. The summed E-state index contributed by atoms with van der Waals surface area (Å²) in [4.78, 5) is 180. The van der Waals surface area contributed by atoms with Crippen molar-refractivity contribution in [2.45, 2.75) is 239 Å². The highest BCUT2D eigenvalue weighted by atomic mass is 16.6. The number of urea groups is 1. The maximum absolute atomic E-state index is 14.9. The average Bonchev–Trinajstić information content (AvgIpc) is 1.01. The molecule has 2 heterocycles. The van der Waals surface area contributed by atoms with Gasteiger partial charge in [0.05, 0.1) is 36.6 Å². The number of ether oxygens (including phenoxy) is 3. The highest BCUT2D eigenvalue weighted by molar-refractivity contribution is 6.13. The number of hydrogen-bond acceptors (Lipinski definition) is 16. The van der Waals surface area contributed by atoms with Crippen LogP contribution in [0.25, 0.3) is 0 Å². The lowest BCUT2D eigenvalue weighted by Crippen LogP contribution is -2.60. The monoisotopic (exact) mass is 1480 g/mol. The van der Waals surface area contributed by atoms with Crippen molar-refractivity contribution < 1.29 is 76.5 Å². The summed E-state index contributed by atoms with van der Waals surface area (Å²) in [6, 6.07) is -1.33. The van der Waals surface area contributed by atoms with Crippen molar-refractivity contribution in [1.82, 2.24) is 56.8 Å². The summed E-state index contributed by atoms with van der Waals surface area (Å²) in [5, 5.41) is 22.2. The van der Waals surface area contributed by atoms with Crippen LogP contribution in [0.5, 0.6) is 0 Å². The molecule has 3 aliphatic rings. The number of benzene rings is 1. The van der Waals surface area contributed by atoms with Gasteiger partial charge in [0.25, 0.3) is 17.7 Å². The fraction of sp³-hybridized carbons (Fsp3) is 0.649. The number of carbonyl (C=O) groups excluding carboxylic acids is 13. The molecule has 14 amide bonds. The van der Waals surface area contributed by atoms with Gasteiger partial charge >= 0.3 is 12.1 Å². The number of likely N-dealkylation sites (N-methyl/N-ethyl adjacent to an activating group) is 2. The lowest BCUT2D eigenvalue weighted by Gasteiger charge is -2.41. The zero-order valence-electron chi connectivity index (χ0n) is 64.7. The molecule has 1 aromatic rings. The van der Waals surface area contributed by atoms with E-state index in [-0.39, 0.29) is 93.8 Å². The molecule has 29 heteroatoms. The molecule has 106 heavy (non-hydrogen) atoms. The number of rotatable bonds is 45.